The van der Waals surface area contributed by atoms with Gasteiger partial charge < -0.3 is 9.73 Å². The maximum Gasteiger partial charge on any atom is 0.239 e. The van der Waals surface area contributed by atoms with Gasteiger partial charge in [0, 0.05) is 6.20 Å². The van der Waals surface area contributed by atoms with Crippen molar-refractivity contribution in [3.05, 3.63) is 34.8 Å². The Bertz CT molecular complexity index is 459. The van der Waals surface area contributed by atoms with Crippen LogP contribution in [0.1, 0.15) is 5.76 Å². The van der Waals surface area contributed by atoms with Crippen LogP contribution in [0.25, 0.3) is 0 Å². The molecule has 0 aliphatic rings. The van der Waals surface area contributed by atoms with Gasteiger partial charge in [0.05, 0.1) is 17.3 Å². The average Bonchev–Trinajstić information content (AvgIpc) is 2.81. The third-order valence-electron chi connectivity index (χ3n) is 1.88. The number of anilines is 2. The maximum absolute atomic E-state index is 5.22. The number of nitrogens with two attached hydrogens (primary N) is 1. The molecule has 0 spiro atoms. The molecule has 2 aromatic rings. The second-order valence-corrected chi connectivity index (χ2v) is 3.82. The SMILES string of the molecule is NNc1ncc(Br)c(NCc2ccco2)n1. The zero-order chi connectivity index (χ0) is 11.4. The van der Waals surface area contributed by atoms with E-state index in [1.165, 1.54) is 0 Å². The molecule has 2 aromatic heterocycles. The molecule has 0 aromatic carbocycles. The highest BCUT2D eigenvalue weighted by Gasteiger charge is 2.04. The highest BCUT2D eigenvalue weighted by Crippen LogP contribution is 2.20. The number of nitrogens with zero attached hydrogens (tertiary/aromatic N) is 2. The minimum atomic E-state index is 0.352. The van der Waals surface area contributed by atoms with Crippen LogP contribution in [0.4, 0.5) is 11.8 Å². The predicted molar refractivity (Wildman–Crippen MR) is 63.6 cm³/mol. The number of halogens is 1. The van der Waals surface area contributed by atoms with Crippen molar-refractivity contribution in [1.82, 2.24) is 9.97 Å². The van der Waals surface area contributed by atoms with Crippen LogP contribution >= 0.6 is 15.9 Å². The van der Waals surface area contributed by atoms with E-state index in [4.69, 9.17) is 10.3 Å². The van der Waals surface area contributed by atoms with Crippen LogP contribution in [-0.2, 0) is 6.54 Å². The standard InChI is InChI=1S/C9H10BrN5O/c10-7-5-13-9(15-11)14-8(7)12-4-6-2-1-3-16-6/h1-3,5H,4,11H2,(H2,12,13,14,15). The van der Waals surface area contributed by atoms with Crippen LogP contribution in [0.2, 0.25) is 0 Å². The van der Waals surface area contributed by atoms with Gasteiger partial charge in [-0.15, -0.1) is 0 Å². The monoisotopic (exact) mass is 283 g/mol. The van der Waals surface area contributed by atoms with Gasteiger partial charge in [-0.25, -0.2) is 10.8 Å². The lowest BCUT2D eigenvalue weighted by atomic mass is 10.4. The second kappa shape index (κ2) is 4.95. The number of hydrazine groups is 1. The first-order valence-corrected chi connectivity index (χ1v) is 5.34. The smallest absolute Gasteiger partial charge is 0.239 e. The Kier molecular flexibility index (Phi) is 3.37. The Morgan fingerprint density at radius 2 is 2.38 bits per heavy atom. The van der Waals surface area contributed by atoms with Crippen LogP contribution in [0.5, 0.6) is 0 Å². The molecular weight excluding hydrogens is 274 g/mol. The second-order valence-electron chi connectivity index (χ2n) is 2.97. The van der Waals surface area contributed by atoms with Gasteiger partial charge in [-0.3, -0.25) is 5.43 Å². The van der Waals surface area contributed by atoms with E-state index in [1.54, 1.807) is 12.5 Å². The first kappa shape index (κ1) is 10.9. The molecule has 4 N–H and O–H groups in total. The first-order chi connectivity index (χ1) is 7.79. The Hall–Kier alpha value is -1.60. The van der Waals surface area contributed by atoms with Gasteiger partial charge in [0.2, 0.25) is 5.95 Å². The number of hydrogen-bond donors (Lipinski definition) is 3. The summed E-state index contributed by atoms with van der Waals surface area (Å²) in [6.07, 6.45) is 3.24. The van der Waals surface area contributed by atoms with E-state index in [0.717, 1.165) is 10.2 Å². The summed E-state index contributed by atoms with van der Waals surface area (Å²) in [5, 5.41) is 3.10. The van der Waals surface area contributed by atoms with Crippen LogP contribution < -0.4 is 16.6 Å². The van der Waals surface area contributed by atoms with Crippen LogP contribution in [0.15, 0.2) is 33.5 Å². The predicted octanol–water partition coefficient (Wildman–Crippen LogP) is 1.73. The fraction of sp³-hybridized carbons (Fsp3) is 0.111. The van der Waals surface area contributed by atoms with Gasteiger partial charge in [0.15, 0.2) is 0 Å². The fourth-order valence-electron chi connectivity index (χ4n) is 1.14. The quantitative estimate of drug-likeness (QED) is 0.585. The first-order valence-electron chi connectivity index (χ1n) is 4.55. The Balaban J connectivity index is 2.08. The summed E-state index contributed by atoms with van der Waals surface area (Å²) >= 11 is 3.34. The van der Waals surface area contributed by atoms with Gasteiger partial charge in [-0.1, -0.05) is 0 Å². The highest BCUT2D eigenvalue weighted by atomic mass is 79.9. The summed E-state index contributed by atoms with van der Waals surface area (Å²) in [6.45, 7) is 0.548. The van der Waals surface area contributed by atoms with Gasteiger partial charge >= 0.3 is 0 Å². The zero-order valence-electron chi connectivity index (χ0n) is 8.27. The van der Waals surface area contributed by atoms with E-state index in [9.17, 15) is 0 Å². The number of nitrogens with one attached hydrogen (secondary N) is 2. The molecule has 6 nitrogen and oxygen atoms in total. The number of hydrogen-bond acceptors (Lipinski definition) is 6. The molecule has 0 saturated carbocycles. The van der Waals surface area contributed by atoms with E-state index in [2.05, 4.69) is 36.6 Å². The number of rotatable bonds is 4. The van der Waals surface area contributed by atoms with Gasteiger partial charge in [-0.05, 0) is 28.1 Å². The molecule has 2 rings (SSSR count). The van der Waals surface area contributed by atoms with Crippen LogP contribution in [0, 0.1) is 0 Å². The van der Waals surface area contributed by atoms with Crippen molar-refractivity contribution in [3.8, 4) is 0 Å². The van der Waals surface area contributed by atoms with Crippen molar-refractivity contribution in [1.29, 1.82) is 0 Å². The molecule has 0 aliphatic carbocycles. The third kappa shape index (κ3) is 2.50. The van der Waals surface area contributed by atoms with Crippen molar-refractivity contribution >= 4 is 27.7 Å². The zero-order valence-corrected chi connectivity index (χ0v) is 9.86. The lowest BCUT2D eigenvalue weighted by molar-refractivity contribution is 0.517. The lowest BCUT2D eigenvalue weighted by Crippen LogP contribution is -2.12. The van der Waals surface area contributed by atoms with Crippen molar-refractivity contribution in [3.63, 3.8) is 0 Å². The molecule has 2 heterocycles. The van der Waals surface area contributed by atoms with E-state index >= 15 is 0 Å². The van der Waals surface area contributed by atoms with Crippen molar-refractivity contribution in [2.45, 2.75) is 6.54 Å². The topological polar surface area (TPSA) is 89.0 Å². The molecule has 0 unspecified atom stereocenters. The van der Waals surface area contributed by atoms with Crippen molar-refractivity contribution in [2.24, 2.45) is 5.84 Å². The lowest BCUT2D eigenvalue weighted by Gasteiger charge is -2.07. The molecule has 0 saturated heterocycles. The molecular formula is C9H10BrN5O. The van der Waals surface area contributed by atoms with Gasteiger partial charge in [-0.2, -0.15) is 4.98 Å². The maximum atomic E-state index is 5.22. The minimum absolute atomic E-state index is 0.352. The molecule has 0 aliphatic heterocycles. The molecule has 0 amide bonds. The summed E-state index contributed by atoms with van der Waals surface area (Å²) in [6, 6.07) is 3.71. The van der Waals surface area contributed by atoms with Crippen LogP contribution in [0.3, 0.4) is 0 Å². The average molecular weight is 284 g/mol. The molecule has 0 radical (unpaired) electrons. The van der Waals surface area contributed by atoms with Crippen LogP contribution in [-0.4, -0.2) is 9.97 Å². The number of aromatic nitrogens is 2. The summed E-state index contributed by atoms with van der Waals surface area (Å²) < 4.78 is 5.95. The molecule has 84 valence electrons. The number of furan rings is 1. The summed E-state index contributed by atoms with van der Waals surface area (Å²) in [5.74, 6) is 7.05. The van der Waals surface area contributed by atoms with E-state index in [1.807, 2.05) is 12.1 Å². The summed E-state index contributed by atoms with van der Waals surface area (Å²) in [4.78, 5) is 8.09. The highest BCUT2D eigenvalue weighted by molar-refractivity contribution is 9.10. The number of nitrogen functional groups attached to an aromatic ring is 1. The van der Waals surface area contributed by atoms with Crippen molar-refractivity contribution < 1.29 is 4.42 Å². The summed E-state index contributed by atoms with van der Waals surface area (Å²) in [7, 11) is 0. The fourth-order valence-corrected chi connectivity index (χ4v) is 1.48. The molecule has 0 fully saturated rings. The van der Waals surface area contributed by atoms with E-state index in [-0.39, 0.29) is 0 Å². The van der Waals surface area contributed by atoms with Gasteiger partial charge in [0.25, 0.3) is 0 Å². The van der Waals surface area contributed by atoms with E-state index < -0.39 is 0 Å². The van der Waals surface area contributed by atoms with E-state index in [0.29, 0.717) is 18.3 Å². The Labute approximate surface area is 100 Å². The Morgan fingerprint density at radius 3 is 3.06 bits per heavy atom. The van der Waals surface area contributed by atoms with Crippen molar-refractivity contribution in [2.75, 3.05) is 10.7 Å². The molecule has 16 heavy (non-hydrogen) atoms. The largest absolute Gasteiger partial charge is 0.467 e. The molecule has 0 bridgehead atoms. The third-order valence-corrected chi connectivity index (χ3v) is 2.46. The summed E-state index contributed by atoms with van der Waals surface area (Å²) in [5.41, 5.74) is 2.38. The molecule has 0 atom stereocenters. The molecule has 7 heteroatoms. The van der Waals surface area contributed by atoms with Gasteiger partial charge in [0.1, 0.15) is 11.6 Å². The normalized spacial score (nSPS) is 10.1. The Morgan fingerprint density at radius 1 is 1.50 bits per heavy atom. The minimum Gasteiger partial charge on any atom is -0.467 e.